The first-order valence-electron chi connectivity index (χ1n) is 7.63. The number of nitrogens with zero attached hydrogens (tertiary/aromatic N) is 4. The minimum absolute atomic E-state index is 0.259. The average Bonchev–Trinajstić information content (AvgIpc) is 2.89. The summed E-state index contributed by atoms with van der Waals surface area (Å²) in [5.74, 6) is 1.09. The van der Waals surface area contributed by atoms with Crippen molar-refractivity contribution >= 4 is 24.1 Å². The normalized spacial score (nSPS) is 11.5. The lowest BCUT2D eigenvalue weighted by Crippen LogP contribution is -2.21. The van der Waals surface area contributed by atoms with Crippen molar-refractivity contribution in [2.75, 3.05) is 18.0 Å². The highest BCUT2D eigenvalue weighted by Crippen LogP contribution is 2.15. The van der Waals surface area contributed by atoms with E-state index in [4.69, 9.17) is 12.2 Å². The molecule has 6 heteroatoms. The van der Waals surface area contributed by atoms with E-state index in [0.29, 0.717) is 4.77 Å². The Morgan fingerprint density at radius 2 is 1.91 bits per heavy atom. The molecule has 5 nitrogen and oxygen atoms in total. The standard InChI is InChI=1S/C16H23N5S/c1-5-20(6-2)14-9-7-13(8-10-14)11-17-21-15(12(3)4)18-19-16(21)22/h7-12H,5-6H2,1-4H3,(H,19,22)/b17-11-. The zero-order chi connectivity index (χ0) is 16.1. The second-order valence-electron chi connectivity index (χ2n) is 5.36. The molecular weight excluding hydrogens is 294 g/mol. The first-order chi connectivity index (χ1) is 10.6. The summed E-state index contributed by atoms with van der Waals surface area (Å²) in [6.07, 6.45) is 1.81. The van der Waals surface area contributed by atoms with Gasteiger partial charge in [-0.15, -0.1) is 0 Å². The van der Waals surface area contributed by atoms with Crippen LogP contribution in [0.25, 0.3) is 0 Å². The van der Waals surface area contributed by atoms with E-state index in [-0.39, 0.29) is 5.92 Å². The number of benzene rings is 1. The van der Waals surface area contributed by atoms with Gasteiger partial charge in [-0.3, -0.25) is 5.10 Å². The Labute approximate surface area is 136 Å². The SMILES string of the molecule is CCN(CC)c1ccc(/C=N\n2c(C(C)C)n[nH]c2=S)cc1. The van der Waals surface area contributed by atoms with Crippen LogP contribution in [0.5, 0.6) is 0 Å². The number of hydrogen-bond acceptors (Lipinski definition) is 4. The summed E-state index contributed by atoms with van der Waals surface area (Å²) >= 11 is 5.22. The molecule has 0 aliphatic rings. The van der Waals surface area contributed by atoms with Gasteiger partial charge in [0.2, 0.25) is 4.77 Å². The van der Waals surface area contributed by atoms with Gasteiger partial charge in [0.05, 0.1) is 6.21 Å². The van der Waals surface area contributed by atoms with E-state index in [0.717, 1.165) is 24.5 Å². The molecule has 0 radical (unpaired) electrons. The van der Waals surface area contributed by atoms with Crippen LogP contribution >= 0.6 is 12.2 Å². The van der Waals surface area contributed by atoms with Crippen LogP contribution in [-0.4, -0.2) is 34.2 Å². The Kier molecular flexibility index (Phi) is 5.49. The first kappa shape index (κ1) is 16.4. The van der Waals surface area contributed by atoms with Crippen molar-refractivity contribution in [3.05, 3.63) is 40.4 Å². The Bertz CT molecular complexity index is 677. The molecule has 0 saturated heterocycles. The molecule has 0 aliphatic heterocycles. The number of nitrogens with one attached hydrogen (secondary N) is 1. The fraction of sp³-hybridized carbons (Fsp3) is 0.438. The average molecular weight is 317 g/mol. The highest BCUT2D eigenvalue weighted by atomic mass is 32.1. The molecule has 1 aromatic carbocycles. The van der Waals surface area contributed by atoms with E-state index in [1.54, 1.807) is 4.68 Å². The third-order valence-electron chi connectivity index (χ3n) is 3.54. The third kappa shape index (κ3) is 3.62. The van der Waals surface area contributed by atoms with Crippen molar-refractivity contribution in [1.29, 1.82) is 0 Å². The monoisotopic (exact) mass is 317 g/mol. The smallest absolute Gasteiger partial charge is 0.216 e. The van der Waals surface area contributed by atoms with E-state index in [1.807, 2.05) is 6.21 Å². The number of anilines is 1. The van der Waals surface area contributed by atoms with Crippen molar-refractivity contribution in [1.82, 2.24) is 14.9 Å². The summed E-state index contributed by atoms with van der Waals surface area (Å²) in [6, 6.07) is 8.37. The number of hydrogen-bond donors (Lipinski definition) is 1. The minimum atomic E-state index is 0.259. The van der Waals surface area contributed by atoms with Crippen LogP contribution in [-0.2, 0) is 0 Å². The van der Waals surface area contributed by atoms with Crippen LogP contribution in [0.4, 0.5) is 5.69 Å². The summed E-state index contributed by atoms with van der Waals surface area (Å²) in [7, 11) is 0. The van der Waals surface area contributed by atoms with Crippen LogP contribution in [0, 0.1) is 4.77 Å². The van der Waals surface area contributed by atoms with Gasteiger partial charge in [0.15, 0.2) is 5.82 Å². The van der Waals surface area contributed by atoms with Crippen LogP contribution in [0.15, 0.2) is 29.4 Å². The second kappa shape index (κ2) is 7.35. The maximum absolute atomic E-state index is 5.22. The van der Waals surface area contributed by atoms with Gasteiger partial charge in [-0.05, 0) is 43.8 Å². The predicted octanol–water partition coefficient (Wildman–Crippen LogP) is 3.79. The molecule has 0 atom stereocenters. The van der Waals surface area contributed by atoms with E-state index in [2.05, 4.69) is 72.2 Å². The largest absolute Gasteiger partial charge is 0.372 e. The van der Waals surface area contributed by atoms with E-state index in [1.165, 1.54) is 5.69 Å². The number of aromatic nitrogens is 3. The fourth-order valence-electron chi connectivity index (χ4n) is 2.27. The molecule has 0 saturated carbocycles. The Hall–Kier alpha value is -1.95. The lowest BCUT2D eigenvalue weighted by Gasteiger charge is -2.20. The number of rotatable bonds is 6. The molecule has 1 N–H and O–H groups in total. The van der Waals surface area contributed by atoms with Gasteiger partial charge in [0.1, 0.15) is 0 Å². The molecule has 0 fully saturated rings. The van der Waals surface area contributed by atoms with Crippen LogP contribution in [0.3, 0.4) is 0 Å². The van der Waals surface area contributed by atoms with E-state index >= 15 is 0 Å². The van der Waals surface area contributed by atoms with E-state index in [9.17, 15) is 0 Å². The van der Waals surface area contributed by atoms with Gasteiger partial charge >= 0.3 is 0 Å². The summed E-state index contributed by atoms with van der Waals surface area (Å²) in [4.78, 5) is 2.31. The summed E-state index contributed by atoms with van der Waals surface area (Å²) in [5.41, 5.74) is 2.26. The maximum atomic E-state index is 5.22. The molecule has 0 spiro atoms. The molecule has 2 rings (SSSR count). The topological polar surface area (TPSA) is 49.2 Å². The van der Waals surface area contributed by atoms with Gasteiger partial charge in [-0.1, -0.05) is 26.0 Å². The van der Waals surface area contributed by atoms with Crippen molar-refractivity contribution in [3.63, 3.8) is 0 Å². The molecule has 0 bridgehead atoms. The van der Waals surface area contributed by atoms with Gasteiger partial charge in [-0.2, -0.15) is 14.9 Å². The molecule has 118 valence electrons. The quantitative estimate of drug-likeness (QED) is 0.651. The Morgan fingerprint density at radius 3 is 2.45 bits per heavy atom. The molecule has 0 aliphatic carbocycles. The molecular formula is C16H23N5S. The maximum Gasteiger partial charge on any atom is 0.216 e. The molecule has 22 heavy (non-hydrogen) atoms. The number of aromatic amines is 1. The van der Waals surface area contributed by atoms with Crippen LogP contribution in [0.1, 0.15) is 45.0 Å². The lowest BCUT2D eigenvalue weighted by molar-refractivity contribution is 0.695. The van der Waals surface area contributed by atoms with Crippen molar-refractivity contribution in [2.45, 2.75) is 33.6 Å². The summed E-state index contributed by atoms with van der Waals surface area (Å²) < 4.78 is 2.19. The van der Waals surface area contributed by atoms with Crippen molar-refractivity contribution in [3.8, 4) is 0 Å². The molecule has 0 amide bonds. The molecule has 1 heterocycles. The fourth-order valence-corrected chi connectivity index (χ4v) is 2.46. The predicted molar refractivity (Wildman–Crippen MR) is 94.5 cm³/mol. The van der Waals surface area contributed by atoms with Gasteiger partial charge < -0.3 is 4.90 Å². The van der Waals surface area contributed by atoms with Crippen LogP contribution in [0.2, 0.25) is 0 Å². The molecule has 2 aromatic rings. The lowest BCUT2D eigenvalue weighted by atomic mass is 10.2. The van der Waals surface area contributed by atoms with Crippen LogP contribution < -0.4 is 4.90 Å². The summed E-state index contributed by atoms with van der Waals surface area (Å²) in [5, 5.41) is 11.5. The Morgan fingerprint density at radius 1 is 1.27 bits per heavy atom. The zero-order valence-electron chi connectivity index (χ0n) is 13.6. The third-order valence-corrected chi connectivity index (χ3v) is 3.80. The number of H-pyrrole nitrogens is 1. The first-order valence-corrected chi connectivity index (χ1v) is 8.04. The van der Waals surface area contributed by atoms with Crippen molar-refractivity contribution in [2.24, 2.45) is 5.10 Å². The van der Waals surface area contributed by atoms with E-state index < -0.39 is 0 Å². The van der Waals surface area contributed by atoms with Gasteiger partial charge in [0.25, 0.3) is 0 Å². The Balaban J connectivity index is 2.21. The van der Waals surface area contributed by atoms with Crippen molar-refractivity contribution < 1.29 is 0 Å². The highest BCUT2D eigenvalue weighted by molar-refractivity contribution is 7.71. The molecule has 1 aromatic heterocycles. The zero-order valence-corrected chi connectivity index (χ0v) is 14.4. The van der Waals surface area contributed by atoms with Gasteiger partial charge in [0, 0.05) is 24.7 Å². The van der Waals surface area contributed by atoms with Gasteiger partial charge in [-0.25, -0.2) is 0 Å². The highest BCUT2D eigenvalue weighted by Gasteiger charge is 2.08. The minimum Gasteiger partial charge on any atom is -0.372 e. The molecule has 0 unspecified atom stereocenters. The summed E-state index contributed by atoms with van der Waals surface area (Å²) in [6.45, 7) is 10.5. The second-order valence-corrected chi connectivity index (χ2v) is 5.75.